The Hall–Kier alpha value is -0.680. The summed E-state index contributed by atoms with van der Waals surface area (Å²) < 4.78 is 4.24. The SMILES string of the molecule is Cc1nsc(N2C[C@@H]3C[C@H]2CN3C)n1. The van der Waals surface area contributed by atoms with Crippen molar-refractivity contribution in [2.45, 2.75) is 25.4 Å². The van der Waals surface area contributed by atoms with Gasteiger partial charge in [-0.3, -0.25) is 4.90 Å². The van der Waals surface area contributed by atoms with Crippen LogP contribution in [0, 0.1) is 6.92 Å². The van der Waals surface area contributed by atoms with Gasteiger partial charge in [-0.15, -0.1) is 0 Å². The molecule has 0 aliphatic carbocycles. The van der Waals surface area contributed by atoms with Gasteiger partial charge >= 0.3 is 0 Å². The molecule has 0 spiro atoms. The van der Waals surface area contributed by atoms with Gasteiger partial charge in [-0.05, 0) is 20.4 Å². The maximum absolute atomic E-state index is 4.45. The highest BCUT2D eigenvalue weighted by atomic mass is 32.1. The minimum Gasteiger partial charge on any atom is -0.341 e. The molecule has 2 aliphatic rings. The lowest BCUT2D eigenvalue weighted by Gasteiger charge is -2.31. The van der Waals surface area contributed by atoms with E-state index in [4.69, 9.17) is 0 Å². The number of aryl methyl sites for hydroxylation is 1. The molecule has 0 radical (unpaired) electrons. The number of piperazine rings is 1. The average molecular weight is 210 g/mol. The Labute approximate surface area is 87.7 Å². The Bertz CT molecular complexity index is 348. The summed E-state index contributed by atoms with van der Waals surface area (Å²) in [6.45, 7) is 4.28. The van der Waals surface area contributed by atoms with Gasteiger partial charge in [0, 0.05) is 36.7 Å². The van der Waals surface area contributed by atoms with E-state index < -0.39 is 0 Å². The maximum Gasteiger partial charge on any atom is 0.205 e. The van der Waals surface area contributed by atoms with Gasteiger partial charge in [0.1, 0.15) is 5.82 Å². The number of likely N-dealkylation sites (N-methyl/N-ethyl adjacent to an activating group) is 1. The summed E-state index contributed by atoms with van der Waals surface area (Å²) in [4.78, 5) is 9.33. The van der Waals surface area contributed by atoms with Crippen molar-refractivity contribution < 1.29 is 0 Å². The molecule has 1 aromatic heterocycles. The predicted molar refractivity (Wildman–Crippen MR) is 56.8 cm³/mol. The molecular formula is C9H14N4S. The van der Waals surface area contributed by atoms with Gasteiger partial charge in [0.2, 0.25) is 5.13 Å². The van der Waals surface area contributed by atoms with Crippen LogP contribution in [0.3, 0.4) is 0 Å². The first-order valence-electron chi connectivity index (χ1n) is 5.01. The zero-order valence-electron chi connectivity index (χ0n) is 8.47. The van der Waals surface area contributed by atoms with Crippen molar-refractivity contribution in [2.75, 3.05) is 25.0 Å². The smallest absolute Gasteiger partial charge is 0.205 e. The van der Waals surface area contributed by atoms with Gasteiger partial charge in [0.25, 0.3) is 0 Å². The lowest BCUT2D eigenvalue weighted by Crippen LogP contribution is -2.44. The highest BCUT2D eigenvalue weighted by molar-refractivity contribution is 7.09. The van der Waals surface area contributed by atoms with Gasteiger partial charge in [-0.1, -0.05) is 0 Å². The minimum absolute atomic E-state index is 0.678. The van der Waals surface area contributed by atoms with Crippen LogP contribution in [0.4, 0.5) is 5.13 Å². The molecule has 2 bridgehead atoms. The van der Waals surface area contributed by atoms with E-state index in [1.165, 1.54) is 24.5 Å². The summed E-state index contributed by atoms with van der Waals surface area (Å²) in [6, 6.07) is 1.42. The van der Waals surface area contributed by atoms with Gasteiger partial charge in [-0.25, -0.2) is 4.98 Å². The molecule has 3 rings (SSSR count). The van der Waals surface area contributed by atoms with Gasteiger partial charge in [-0.2, -0.15) is 4.37 Å². The summed E-state index contributed by atoms with van der Waals surface area (Å²) in [5, 5.41) is 1.11. The third-order valence-corrected chi connectivity index (χ3v) is 4.12. The number of aromatic nitrogens is 2. The van der Waals surface area contributed by atoms with Crippen LogP contribution in [0.15, 0.2) is 0 Å². The lowest BCUT2D eigenvalue weighted by molar-refractivity contribution is 0.292. The molecule has 2 atom stereocenters. The first kappa shape index (κ1) is 8.61. The van der Waals surface area contributed by atoms with E-state index in [0.29, 0.717) is 6.04 Å². The van der Waals surface area contributed by atoms with Crippen molar-refractivity contribution in [2.24, 2.45) is 0 Å². The number of hydrogen-bond acceptors (Lipinski definition) is 5. The second-order valence-corrected chi connectivity index (χ2v) is 4.99. The Balaban J connectivity index is 1.83. The van der Waals surface area contributed by atoms with Gasteiger partial charge in [0.15, 0.2) is 0 Å². The van der Waals surface area contributed by atoms with Crippen LogP contribution in [0.1, 0.15) is 12.2 Å². The second kappa shape index (κ2) is 2.90. The van der Waals surface area contributed by atoms with E-state index in [1.54, 1.807) is 0 Å². The van der Waals surface area contributed by atoms with Crippen LogP contribution in [0.25, 0.3) is 0 Å². The molecule has 2 aliphatic heterocycles. The van der Waals surface area contributed by atoms with E-state index in [9.17, 15) is 0 Å². The number of fused-ring (bicyclic) bond motifs is 2. The highest BCUT2D eigenvalue weighted by Gasteiger charge is 2.42. The largest absolute Gasteiger partial charge is 0.341 e. The minimum atomic E-state index is 0.678. The number of rotatable bonds is 1. The van der Waals surface area contributed by atoms with Crippen LogP contribution < -0.4 is 4.90 Å². The molecule has 0 N–H and O–H groups in total. The summed E-state index contributed by atoms with van der Waals surface area (Å²) in [6.07, 6.45) is 1.30. The molecule has 4 nitrogen and oxygen atoms in total. The van der Waals surface area contributed by atoms with Crippen molar-refractivity contribution in [1.82, 2.24) is 14.3 Å². The van der Waals surface area contributed by atoms with Gasteiger partial charge < -0.3 is 4.90 Å². The first-order valence-corrected chi connectivity index (χ1v) is 5.78. The second-order valence-electron chi connectivity index (χ2n) is 4.26. The normalized spacial score (nSPS) is 31.7. The van der Waals surface area contributed by atoms with Crippen LogP contribution in [-0.4, -0.2) is 46.5 Å². The summed E-state index contributed by atoms with van der Waals surface area (Å²) in [7, 11) is 2.22. The fourth-order valence-electron chi connectivity index (χ4n) is 2.50. The monoisotopic (exact) mass is 210 g/mol. The molecule has 5 heteroatoms. The molecule has 2 fully saturated rings. The Morgan fingerprint density at radius 1 is 1.36 bits per heavy atom. The molecule has 1 aromatic rings. The molecule has 0 aromatic carbocycles. The van der Waals surface area contributed by atoms with Crippen molar-refractivity contribution in [3.63, 3.8) is 0 Å². The topological polar surface area (TPSA) is 32.3 Å². The van der Waals surface area contributed by atoms with Crippen LogP contribution in [-0.2, 0) is 0 Å². The predicted octanol–water partition coefficient (Wildman–Crippen LogP) is 0.739. The number of anilines is 1. The standard InChI is InChI=1S/C9H14N4S/c1-6-10-9(14-11-6)13-5-7-3-8(13)4-12(7)2/h7-8H,3-5H2,1-2H3/t7-,8-/m0/s1. The fourth-order valence-corrected chi connectivity index (χ4v) is 3.26. The molecular weight excluding hydrogens is 196 g/mol. The van der Waals surface area contributed by atoms with Crippen LogP contribution >= 0.6 is 11.5 Å². The number of likely N-dealkylation sites (tertiary alicyclic amines) is 1. The molecule has 76 valence electrons. The molecule has 0 unspecified atom stereocenters. The van der Waals surface area contributed by atoms with Crippen LogP contribution in [0.2, 0.25) is 0 Å². The van der Waals surface area contributed by atoms with Crippen molar-refractivity contribution in [3.05, 3.63) is 5.82 Å². The first-order chi connectivity index (χ1) is 6.74. The zero-order chi connectivity index (χ0) is 9.71. The number of hydrogen-bond donors (Lipinski definition) is 0. The number of nitrogens with zero attached hydrogens (tertiary/aromatic N) is 4. The van der Waals surface area contributed by atoms with E-state index >= 15 is 0 Å². The zero-order valence-corrected chi connectivity index (χ0v) is 9.29. The molecule has 14 heavy (non-hydrogen) atoms. The average Bonchev–Trinajstić information content (AvgIpc) is 2.77. The third kappa shape index (κ3) is 1.15. The van der Waals surface area contributed by atoms with E-state index in [-0.39, 0.29) is 0 Å². The molecule has 0 saturated carbocycles. The summed E-state index contributed by atoms with van der Waals surface area (Å²) >= 11 is 1.53. The highest BCUT2D eigenvalue weighted by Crippen LogP contribution is 2.34. The van der Waals surface area contributed by atoms with Crippen molar-refractivity contribution in [3.8, 4) is 0 Å². The Morgan fingerprint density at radius 3 is 2.71 bits per heavy atom. The quantitative estimate of drug-likeness (QED) is 0.684. The summed E-state index contributed by atoms with van der Waals surface area (Å²) in [5.74, 6) is 0.904. The van der Waals surface area contributed by atoms with E-state index in [2.05, 4.69) is 26.2 Å². The van der Waals surface area contributed by atoms with Gasteiger partial charge in [0.05, 0.1) is 0 Å². The van der Waals surface area contributed by atoms with Crippen molar-refractivity contribution in [1.29, 1.82) is 0 Å². The fraction of sp³-hybridized carbons (Fsp3) is 0.778. The summed E-state index contributed by atoms with van der Waals surface area (Å²) in [5.41, 5.74) is 0. The Kier molecular flexibility index (Phi) is 1.79. The van der Waals surface area contributed by atoms with E-state index in [1.807, 2.05) is 6.92 Å². The van der Waals surface area contributed by atoms with Crippen molar-refractivity contribution >= 4 is 16.7 Å². The lowest BCUT2D eigenvalue weighted by atomic mass is 10.2. The van der Waals surface area contributed by atoms with E-state index in [0.717, 1.165) is 23.5 Å². The molecule has 2 saturated heterocycles. The third-order valence-electron chi connectivity index (χ3n) is 3.28. The van der Waals surface area contributed by atoms with Crippen LogP contribution in [0.5, 0.6) is 0 Å². The Morgan fingerprint density at radius 2 is 2.21 bits per heavy atom. The molecule has 0 amide bonds. The maximum atomic E-state index is 4.45. The molecule has 3 heterocycles.